The van der Waals surface area contributed by atoms with E-state index < -0.39 is 5.91 Å². The average Bonchev–Trinajstić information content (AvgIpc) is 2.92. The molecule has 0 spiro atoms. The maximum Gasteiger partial charge on any atom is 0.267 e. The Bertz CT molecular complexity index is 834. The van der Waals surface area contributed by atoms with Crippen molar-refractivity contribution in [1.82, 2.24) is 19.9 Å². The number of amides is 1. The van der Waals surface area contributed by atoms with E-state index in [1.54, 1.807) is 11.6 Å². The van der Waals surface area contributed by atoms with E-state index in [-0.39, 0.29) is 5.41 Å². The van der Waals surface area contributed by atoms with Gasteiger partial charge < -0.3 is 9.47 Å². The molecule has 0 aliphatic carbocycles. The molecule has 0 atom stereocenters. The van der Waals surface area contributed by atoms with Gasteiger partial charge in [0, 0.05) is 25.6 Å². The summed E-state index contributed by atoms with van der Waals surface area (Å²) < 4.78 is 2.30. The molecule has 0 unspecified atom stereocenters. The van der Waals surface area contributed by atoms with Gasteiger partial charge in [-0.1, -0.05) is 26.0 Å². The van der Waals surface area contributed by atoms with E-state index in [0.29, 0.717) is 0 Å². The number of imidazole rings is 1. The fourth-order valence-corrected chi connectivity index (χ4v) is 3.44. The molecule has 6 heteroatoms. The highest BCUT2D eigenvalue weighted by Gasteiger charge is 2.22. The molecule has 1 aromatic carbocycles. The number of allylic oxidation sites excluding steroid dienone is 1. The van der Waals surface area contributed by atoms with E-state index in [1.807, 2.05) is 24.3 Å². The molecule has 2 N–H and O–H groups in total. The second-order valence-electron chi connectivity index (χ2n) is 7.90. The third kappa shape index (κ3) is 5.77. The summed E-state index contributed by atoms with van der Waals surface area (Å²) in [7, 11) is 4.18. The van der Waals surface area contributed by atoms with E-state index in [2.05, 4.69) is 44.0 Å². The number of benzene rings is 1. The summed E-state index contributed by atoms with van der Waals surface area (Å²) in [6.45, 7) is 10.2. The largest absolute Gasteiger partial charge is 0.327 e. The van der Waals surface area contributed by atoms with Crippen LogP contribution < -0.4 is 5.48 Å². The number of hydroxylamine groups is 1. The summed E-state index contributed by atoms with van der Waals surface area (Å²) in [5, 5.41) is 8.60. The SMILES string of the molecule is C=CCCc1nc2cc(/C=C/C(=O)NO)ccc2n1CC(C)(C)CN(C)C. The average molecular weight is 370 g/mol. The summed E-state index contributed by atoms with van der Waals surface area (Å²) in [5.41, 5.74) is 4.54. The zero-order chi connectivity index (χ0) is 20.0. The Labute approximate surface area is 161 Å². The second-order valence-corrected chi connectivity index (χ2v) is 7.90. The van der Waals surface area contributed by atoms with Gasteiger partial charge in [-0.2, -0.15) is 0 Å². The molecule has 0 radical (unpaired) electrons. The van der Waals surface area contributed by atoms with Crippen LogP contribution >= 0.6 is 0 Å². The van der Waals surface area contributed by atoms with Crippen molar-refractivity contribution in [1.29, 1.82) is 0 Å². The summed E-state index contributed by atoms with van der Waals surface area (Å²) >= 11 is 0. The van der Waals surface area contributed by atoms with Crippen LogP contribution in [0.4, 0.5) is 0 Å². The van der Waals surface area contributed by atoms with Crippen LogP contribution in [0.1, 0.15) is 31.7 Å². The van der Waals surface area contributed by atoms with Crippen molar-refractivity contribution in [2.75, 3.05) is 20.6 Å². The van der Waals surface area contributed by atoms with Crippen LogP contribution in [0.5, 0.6) is 0 Å². The van der Waals surface area contributed by atoms with Gasteiger partial charge in [0.15, 0.2) is 0 Å². The standard InChI is InChI=1S/C21H30N4O2/c1-6-7-8-19-22-17-13-16(10-12-20(26)23-27)9-11-18(17)25(19)15-21(2,3)14-24(4)5/h6,9-13,27H,1,7-8,14-15H2,2-5H3,(H,23,26)/b12-10+. The Morgan fingerprint density at radius 2 is 2.15 bits per heavy atom. The van der Waals surface area contributed by atoms with Crippen molar-refractivity contribution >= 4 is 23.0 Å². The van der Waals surface area contributed by atoms with Crippen LogP contribution in [0.25, 0.3) is 17.1 Å². The monoisotopic (exact) mass is 370 g/mol. The number of nitrogens with one attached hydrogen (secondary N) is 1. The van der Waals surface area contributed by atoms with Crippen molar-refractivity contribution in [3.63, 3.8) is 0 Å². The minimum Gasteiger partial charge on any atom is -0.327 e. The van der Waals surface area contributed by atoms with Gasteiger partial charge in [-0.3, -0.25) is 10.0 Å². The van der Waals surface area contributed by atoms with Crippen LogP contribution in [-0.2, 0) is 17.8 Å². The number of rotatable bonds is 9. The van der Waals surface area contributed by atoms with E-state index >= 15 is 0 Å². The molecule has 2 aromatic rings. The van der Waals surface area contributed by atoms with Crippen LogP contribution in [-0.4, -0.2) is 46.2 Å². The first-order chi connectivity index (χ1) is 12.8. The molecular formula is C21H30N4O2. The molecule has 1 heterocycles. The van der Waals surface area contributed by atoms with Crippen molar-refractivity contribution in [2.45, 2.75) is 33.2 Å². The van der Waals surface area contributed by atoms with E-state index in [4.69, 9.17) is 10.2 Å². The lowest BCUT2D eigenvalue weighted by Gasteiger charge is -2.29. The molecule has 6 nitrogen and oxygen atoms in total. The van der Waals surface area contributed by atoms with E-state index in [0.717, 1.165) is 48.4 Å². The van der Waals surface area contributed by atoms with Crippen molar-refractivity contribution in [3.05, 3.63) is 48.3 Å². The molecule has 0 aliphatic rings. The molecule has 0 aliphatic heterocycles. The molecule has 1 amide bonds. The number of hydrogen-bond acceptors (Lipinski definition) is 4. The van der Waals surface area contributed by atoms with Gasteiger partial charge in [0.2, 0.25) is 0 Å². The maximum absolute atomic E-state index is 11.2. The van der Waals surface area contributed by atoms with Crippen molar-refractivity contribution in [3.8, 4) is 0 Å². The zero-order valence-electron chi connectivity index (χ0n) is 16.7. The van der Waals surface area contributed by atoms with Gasteiger partial charge in [-0.25, -0.2) is 10.5 Å². The third-order valence-corrected chi connectivity index (χ3v) is 4.29. The molecule has 146 valence electrons. The summed E-state index contributed by atoms with van der Waals surface area (Å²) in [5.74, 6) is 0.490. The summed E-state index contributed by atoms with van der Waals surface area (Å²) in [6.07, 6.45) is 6.58. The normalized spacial score (nSPS) is 12.2. The van der Waals surface area contributed by atoms with Gasteiger partial charge in [-0.05, 0) is 49.7 Å². The van der Waals surface area contributed by atoms with Gasteiger partial charge >= 0.3 is 0 Å². The van der Waals surface area contributed by atoms with Crippen LogP contribution in [0.3, 0.4) is 0 Å². The third-order valence-electron chi connectivity index (χ3n) is 4.29. The molecule has 0 fully saturated rings. The Morgan fingerprint density at radius 1 is 1.41 bits per heavy atom. The smallest absolute Gasteiger partial charge is 0.267 e. The Kier molecular flexibility index (Phi) is 6.93. The first kappa shape index (κ1) is 20.9. The Balaban J connectivity index is 2.42. The summed E-state index contributed by atoms with van der Waals surface area (Å²) in [4.78, 5) is 18.2. The fourth-order valence-electron chi connectivity index (χ4n) is 3.44. The lowest BCUT2D eigenvalue weighted by molar-refractivity contribution is -0.124. The molecule has 0 saturated heterocycles. The first-order valence-electron chi connectivity index (χ1n) is 9.12. The lowest BCUT2D eigenvalue weighted by Crippen LogP contribution is -2.32. The van der Waals surface area contributed by atoms with Crippen molar-refractivity contribution in [2.24, 2.45) is 5.41 Å². The lowest BCUT2D eigenvalue weighted by atomic mass is 9.92. The molecule has 0 saturated carbocycles. The molecule has 0 bridgehead atoms. The highest BCUT2D eigenvalue weighted by molar-refractivity contribution is 5.91. The number of hydrogen-bond donors (Lipinski definition) is 2. The highest BCUT2D eigenvalue weighted by atomic mass is 16.5. The first-order valence-corrected chi connectivity index (χ1v) is 9.12. The van der Waals surface area contributed by atoms with E-state index in [1.165, 1.54) is 6.08 Å². The highest BCUT2D eigenvalue weighted by Crippen LogP contribution is 2.26. The quantitative estimate of drug-likeness (QED) is 0.308. The number of carbonyl (C=O) groups excluding carboxylic acids is 1. The minimum atomic E-state index is -0.558. The van der Waals surface area contributed by atoms with E-state index in [9.17, 15) is 4.79 Å². The maximum atomic E-state index is 11.2. The predicted molar refractivity (Wildman–Crippen MR) is 110 cm³/mol. The Hall–Kier alpha value is -2.44. The number of aromatic nitrogens is 2. The fraction of sp³-hybridized carbons (Fsp3) is 0.429. The topological polar surface area (TPSA) is 70.4 Å². The van der Waals surface area contributed by atoms with Gasteiger partial charge in [0.25, 0.3) is 5.91 Å². The Morgan fingerprint density at radius 3 is 2.78 bits per heavy atom. The molecule has 2 rings (SSSR count). The van der Waals surface area contributed by atoms with Gasteiger partial charge in [-0.15, -0.1) is 6.58 Å². The van der Waals surface area contributed by atoms with Gasteiger partial charge in [0.1, 0.15) is 5.82 Å². The van der Waals surface area contributed by atoms with Crippen LogP contribution in [0, 0.1) is 5.41 Å². The van der Waals surface area contributed by atoms with Crippen molar-refractivity contribution < 1.29 is 10.0 Å². The number of fused-ring (bicyclic) bond motifs is 1. The second kappa shape index (κ2) is 8.97. The van der Waals surface area contributed by atoms with Gasteiger partial charge in [0.05, 0.1) is 11.0 Å². The molecule has 27 heavy (non-hydrogen) atoms. The minimum absolute atomic E-state index is 0.0951. The predicted octanol–water partition coefficient (Wildman–Crippen LogP) is 3.26. The molecule has 1 aromatic heterocycles. The summed E-state index contributed by atoms with van der Waals surface area (Å²) in [6, 6.07) is 5.96. The zero-order valence-corrected chi connectivity index (χ0v) is 16.7. The number of carbonyl (C=O) groups is 1. The van der Waals surface area contributed by atoms with Crippen LogP contribution in [0.2, 0.25) is 0 Å². The number of nitrogens with zero attached hydrogens (tertiary/aromatic N) is 3. The molecular weight excluding hydrogens is 340 g/mol. The van der Waals surface area contributed by atoms with Crippen LogP contribution in [0.15, 0.2) is 36.9 Å². The number of aryl methyl sites for hydroxylation is 1.